The molecule has 32 heavy (non-hydrogen) atoms. The third-order valence-corrected chi connectivity index (χ3v) is 5.88. The number of anilines is 1. The molecule has 2 aliphatic rings. The molecule has 0 radical (unpaired) electrons. The van der Waals surface area contributed by atoms with Crippen LogP contribution in [0.15, 0.2) is 18.5 Å². The minimum absolute atomic E-state index is 0.00455. The Morgan fingerprint density at radius 3 is 2.78 bits per heavy atom. The minimum Gasteiger partial charge on any atom is -0.437 e. The summed E-state index contributed by atoms with van der Waals surface area (Å²) in [7, 11) is 1.59. The summed E-state index contributed by atoms with van der Waals surface area (Å²) in [6.07, 6.45) is 3.75. The van der Waals surface area contributed by atoms with Gasteiger partial charge in [-0.2, -0.15) is 5.26 Å². The van der Waals surface area contributed by atoms with Crippen molar-refractivity contribution in [1.82, 2.24) is 19.9 Å². The number of ether oxygens (including phenoxy) is 2. The van der Waals surface area contributed by atoms with Crippen LogP contribution in [-0.4, -0.2) is 65.2 Å². The van der Waals surface area contributed by atoms with E-state index in [4.69, 9.17) is 26.1 Å². The SMILES string of the molecule is COCCC(=O)N1CCN(c2nc(C3CC3)c(Oc3cc(Cl)ncn3)cc2C#N)C[C@H]1C. The van der Waals surface area contributed by atoms with Gasteiger partial charge in [-0.05, 0) is 19.8 Å². The van der Waals surface area contributed by atoms with Crippen molar-refractivity contribution < 1.29 is 14.3 Å². The fraction of sp³-hybridized carbons (Fsp3) is 0.500. The molecule has 1 amide bonds. The van der Waals surface area contributed by atoms with Gasteiger partial charge in [0.2, 0.25) is 11.8 Å². The van der Waals surface area contributed by atoms with Crippen molar-refractivity contribution in [2.24, 2.45) is 0 Å². The van der Waals surface area contributed by atoms with Gasteiger partial charge < -0.3 is 19.3 Å². The van der Waals surface area contributed by atoms with Crippen LogP contribution < -0.4 is 9.64 Å². The second-order valence-corrected chi connectivity index (χ2v) is 8.42. The lowest BCUT2D eigenvalue weighted by Crippen LogP contribution is -2.54. The van der Waals surface area contributed by atoms with Crippen molar-refractivity contribution >= 4 is 23.3 Å². The van der Waals surface area contributed by atoms with Gasteiger partial charge in [0.1, 0.15) is 23.4 Å². The summed E-state index contributed by atoms with van der Waals surface area (Å²) in [5.41, 5.74) is 1.25. The van der Waals surface area contributed by atoms with Gasteiger partial charge in [-0.1, -0.05) is 11.6 Å². The number of hydrogen-bond donors (Lipinski definition) is 0. The largest absolute Gasteiger partial charge is 0.437 e. The molecule has 1 atom stereocenters. The number of amides is 1. The van der Waals surface area contributed by atoms with Crippen molar-refractivity contribution in [3.8, 4) is 17.7 Å². The third kappa shape index (κ3) is 4.92. The van der Waals surface area contributed by atoms with Gasteiger partial charge in [0, 0.05) is 50.8 Å². The monoisotopic (exact) mass is 456 g/mol. The van der Waals surface area contributed by atoms with Crippen molar-refractivity contribution in [3.05, 3.63) is 34.9 Å². The highest BCUT2D eigenvalue weighted by Gasteiger charge is 2.33. The van der Waals surface area contributed by atoms with E-state index in [1.165, 1.54) is 12.4 Å². The lowest BCUT2D eigenvalue weighted by atomic mass is 10.1. The number of carbonyl (C=O) groups excluding carboxylic acids is 1. The molecule has 4 rings (SSSR count). The van der Waals surface area contributed by atoms with E-state index in [0.29, 0.717) is 61.6 Å². The Balaban J connectivity index is 1.58. The van der Waals surface area contributed by atoms with Gasteiger partial charge in [0.25, 0.3) is 0 Å². The van der Waals surface area contributed by atoms with Gasteiger partial charge in [-0.25, -0.2) is 15.0 Å². The molecule has 1 saturated heterocycles. The average molecular weight is 457 g/mol. The van der Waals surface area contributed by atoms with Crippen molar-refractivity contribution in [3.63, 3.8) is 0 Å². The Morgan fingerprint density at radius 2 is 2.12 bits per heavy atom. The maximum absolute atomic E-state index is 12.5. The minimum atomic E-state index is 0.00455. The number of pyridine rings is 1. The molecule has 10 heteroatoms. The fourth-order valence-corrected chi connectivity index (χ4v) is 4.03. The molecule has 1 aliphatic heterocycles. The zero-order valence-electron chi connectivity index (χ0n) is 18.1. The first-order chi connectivity index (χ1) is 15.5. The maximum atomic E-state index is 12.5. The molecule has 3 heterocycles. The number of carbonyl (C=O) groups is 1. The number of nitrogens with zero attached hydrogens (tertiary/aromatic N) is 6. The van der Waals surface area contributed by atoms with Crippen LogP contribution in [0.25, 0.3) is 0 Å². The lowest BCUT2D eigenvalue weighted by Gasteiger charge is -2.40. The zero-order chi connectivity index (χ0) is 22.7. The van der Waals surface area contributed by atoms with Crippen molar-refractivity contribution in [1.29, 1.82) is 5.26 Å². The standard InChI is InChI=1S/C22H25ClN6O3/c1-14-12-28(6-7-29(14)20(30)5-8-31-2)22-16(11-24)9-17(21(27-22)15-3-4-15)32-19-10-18(23)25-13-26-19/h9-10,13-15H,3-8,12H2,1-2H3/t14-/m1/s1. The predicted molar refractivity (Wildman–Crippen MR) is 118 cm³/mol. The fourth-order valence-electron chi connectivity index (χ4n) is 3.89. The van der Waals surface area contributed by atoms with E-state index in [1.54, 1.807) is 13.2 Å². The molecule has 2 aromatic heterocycles. The number of nitriles is 1. The molecule has 0 spiro atoms. The highest BCUT2D eigenvalue weighted by Crippen LogP contribution is 2.45. The summed E-state index contributed by atoms with van der Waals surface area (Å²) in [5.74, 6) is 1.84. The molecule has 168 valence electrons. The number of piperazine rings is 1. The summed E-state index contributed by atoms with van der Waals surface area (Å²) in [5, 5.41) is 10.1. The van der Waals surface area contributed by atoms with Gasteiger partial charge >= 0.3 is 0 Å². The summed E-state index contributed by atoms with van der Waals surface area (Å²) >= 11 is 5.95. The number of methoxy groups -OCH3 is 1. The molecule has 0 N–H and O–H groups in total. The normalized spacial score (nSPS) is 18.4. The van der Waals surface area contributed by atoms with Crippen LogP contribution in [0.1, 0.15) is 43.4 Å². The Labute approximate surface area is 191 Å². The lowest BCUT2D eigenvalue weighted by molar-refractivity contribution is -0.134. The summed E-state index contributed by atoms with van der Waals surface area (Å²) < 4.78 is 11.0. The van der Waals surface area contributed by atoms with E-state index < -0.39 is 0 Å². The molecule has 1 aliphatic carbocycles. The van der Waals surface area contributed by atoms with Crippen LogP contribution in [0.3, 0.4) is 0 Å². The third-order valence-electron chi connectivity index (χ3n) is 5.67. The van der Waals surface area contributed by atoms with Gasteiger partial charge in [0.05, 0.1) is 24.3 Å². The molecule has 0 aromatic carbocycles. The second-order valence-electron chi connectivity index (χ2n) is 8.03. The van der Waals surface area contributed by atoms with Crippen LogP contribution >= 0.6 is 11.6 Å². The van der Waals surface area contributed by atoms with Gasteiger partial charge in [0.15, 0.2) is 5.75 Å². The maximum Gasteiger partial charge on any atom is 0.225 e. The van der Waals surface area contributed by atoms with Crippen molar-refractivity contribution in [2.75, 3.05) is 38.3 Å². The van der Waals surface area contributed by atoms with Crippen LogP contribution in [0.4, 0.5) is 5.82 Å². The predicted octanol–water partition coefficient (Wildman–Crippen LogP) is 3.14. The number of rotatable bonds is 7. The van der Waals surface area contributed by atoms with Crippen LogP contribution in [0.2, 0.25) is 5.15 Å². The molecule has 9 nitrogen and oxygen atoms in total. The molecule has 0 bridgehead atoms. The van der Waals surface area contributed by atoms with Crippen LogP contribution in [0.5, 0.6) is 11.6 Å². The Hall–Kier alpha value is -2.96. The first-order valence-electron chi connectivity index (χ1n) is 10.6. The molecular weight excluding hydrogens is 432 g/mol. The van der Waals surface area contributed by atoms with Gasteiger partial charge in [-0.3, -0.25) is 4.79 Å². The smallest absolute Gasteiger partial charge is 0.225 e. The summed E-state index contributed by atoms with van der Waals surface area (Å²) in [6, 6.07) is 5.51. The highest BCUT2D eigenvalue weighted by molar-refractivity contribution is 6.29. The summed E-state index contributed by atoms with van der Waals surface area (Å²) in [4.78, 5) is 29.3. The topological polar surface area (TPSA) is 104 Å². The highest BCUT2D eigenvalue weighted by atomic mass is 35.5. The molecule has 0 unspecified atom stereocenters. The van der Waals surface area contributed by atoms with Gasteiger partial charge in [-0.15, -0.1) is 0 Å². The quantitative estimate of drug-likeness (QED) is 0.585. The van der Waals surface area contributed by atoms with Crippen LogP contribution in [-0.2, 0) is 9.53 Å². The molecular formula is C22H25ClN6O3. The van der Waals surface area contributed by atoms with E-state index in [-0.39, 0.29) is 17.1 Å². The Kier molecular flexibility index (Phi) is 6.72. The molecule has 2 fully saturated rings. The number of aromatic nitrogens is 3. The summed E-state index contributed by atoms with van der Waals surface area (Å²) in [6.45, 7) is 4.21. The first-order valence-corrected chi connectivity index (χ1v) is 11.0. The first kappa shape index (κ1) is 22.2. The number of halogens is 1. The average Bonchev–Trinajstić information content (AvgIpc) is 3.62. The number of hydrogen-bond acceptors (Lipinski definition) is 8. The van der Waals surface area contributed by atoms with E-state index in [9.17, 15) is 10.1 Å². The van der Waals surface area contributed by atoms with E-state index >= 15 is 0 Å². The Bertz CT molecular complexity index is 1040. The second kappa shape index (κ2) is 9.67. The molecule has 1 saturated carbocycles. The van der Waals surface area contributed by atoms with E-state index in [2.05, 4.69) is 20.9 Å². The van der Waals surface area contributed by atoms with Crippen LogP contribution in [0, 0.1) is 11.3 Å². The van der Waals surface area contributed by atoms with Crippen molar-refractivity contribution in [2.45, 2.75) is 38.1 Å². The molecule has 2 aromatic rings. The van der Waals surface area contributed by atoms with E-state index in [1.807, 2.05) is 11.8 Å². The zero-order valence-corrected chi connectivity index (χ0v) is 18.9. The Morgan fingerprint density at radius 1 is 1.31 bits per heavy atom. The van der Waals surface area contributed by atoms with E-state index in [0.717, 1.165) is 18.5 Å².